The standard InChI is InChI=1S/C14H16N4O2S/c1-18-8-11(20-9-12(18)19)7-15-14-17-16-13(21-14)10-5-3-2-4-6-10/h2-6,11H,7-9H2,1H3,(H,15,17)/t11-/m0/s1. The summed E-state index contributed by atoms with van der Waals surface area (Å²) in [5.41, 5.74) is 1.06. The highest BCUT2D eigenvalue weighted by atomic mass is 32.1. The van der Waals surface area contributed by atoms with E-state index in [0.717, 1.165) is 15.7 Å². The van der Waals surface area contributed by atoms with Gasteiger partial charge in [0.1, 0.15) is 11.6 Å². The minimum atomic E-state index is -0.0169. The van der Waals surface area contributed by atoms with Gasteiger partial charge in [0, 0.05) is 25.7 Å². The molecule has 0 saturated carbocycles. The van der Waals surface area contributed by atoms with Gasteiger partial charge in [-0.05, 0) is 0 Å². The number of hydrogen-bond donors (Lipinski definition) is 1. The average molecular weight is 304 g/mol. The molecule has 1 aliphatic heterocycles. The highest BCUT2D eigenvalue weighted by molar-refractivity contribution is 7.18. The Bertz CT molecular complexity index is 616. The predicted octanol–water partition coefficient (Wildman–Crippen LogP) is 1.47. The third-order valence-electron chi connectivity index (χ3n) is 3.27. The van der Waals surface area contributed by atoms with Crippen molar-refractivity contribution in [3.8, 4) is 10.6 Å². The van der Waals surface area contributed by atoms with Gasteiger partial charge in [-0.3, -0.25) is 4.79 Å². The molecule has 1 N–H and O–H groups in total. The van der Waals surface area contributed by atoms with Gasteiger partial charge in [0.15, 0.2) is 0 Å². The van der Waals surface area contributed by atoms with Crippen molar-refractivity contribution in [3.63, 3.8) is 0 Å². The van der Waals surface area contributed by atoms with E-state index in [2.05, 4.69) is 15.5 Å². The van der Waals surface area contributed by atoms with E-state index in [4.69, 9.17) is 4.74 Å². The number of rotatable bonds is 4. The Kier molecular flexibility index (Phi) is 4.12. The Balaban J connectivity index is 1.57. The van der Waals surface area contributed by atoms with Gasteiger partial charge in [-0.1, -0.05) is 41.7 Å². The van der Waals surface area contributed by atoms with Crippen LogP contribution in [0.15, 0.2) is 30.3 Å². The molecular weight excluding hydrogens is 288 g/mol. The number of likely N-dealkylation sites (N-methyl/N-ethyl adjacent to an activating group) is 1. The first kappa shape index (κ1) is 14.0. The highest BCUT2D eigenvalue weighted by Gasteiger charge is 2.23. The number of amides is 1. The van der Waals surface area contributed by atoms with Crippen molar-refractivity contribution in [2.45, 2.75) is 6.10 Å². The zero-order valence-electron chi connectivity index (χ0n) is 11.7. The molecule has 2 aromatic rings. The van der Waals surface area contributed by atoms with Crippen molar-refractivity contribution in [2.75, 3.05) is 32.1 Å². The van der Waals surface area contributed by atoms with Crippen LogP contribution in [-0.4, -0.2) is 53.9 Å². The van der Waals surface area contributed by atoms with E-state index in [1.54, 1.807) is 11.9 Å². The molecule has 3 rings (SSSR count). The molecule has 110 valence electrons. The predicted molar refractivity (Wildman–Crippen MR) is 81.2 cm³/mol. The number of aromatic nitrogens is 2. The first-order chi connectivity index (χ1) is 10.2. The van der Waals surface area contributed by atoms with Gasteiger partial charge in [0.2, 0.25) is 11.0 Å². The number of anilines is 1. The maximum Gasteiger partial charge on any atom is 0.248 e. The Morgan fingerprint density at radius 1 is 1.38 bits per heavy atom. The Morgan fingerprint density at radius 2 is 2.19 bits per heavy atom. The number of hydrogen-bond acceptors (Lipinski definition) is 6. The molecule has 6 nitrogen and oxygen atoms in total. The quantitative estimate of drug-likeness (QED) is 0.926. The zero-order valence-corrected chi connectivity index (χ0v) is 12.5. The normalized spacial score (nSPS) is 18.8. The fourth-order valence-corrected chi connectivity index (χ4v) is 2.83. The van der Waals surface area contributed by atoms with Crippen LogP contribution in [0.4, 0.5) is 5.13 Å². The molecule has 0 radical (unpaired) electrons. The van der Waals surface area contributed by atoms with Crippen LogP contribution in [-0.2, 0) is 9.53 Å². The summed E-state index contributed by atoms with van der Waals surface area (Å²) in [7, 11) is 1.79. The number of carbonyl (C=O) groups is 1. The Morgan fingerprint density at radius 3 is 2.95 bits per heavy atom. The summed E-state index contributed by atoms with van der Waals surface area (Å²) < 4.78 is 5.48. The van der Waals surface area contributed by atoms with Gasteiger partial charge in [0.05, 0.1) is 6.10 Å². The summed E-state index contributed by atoms with van der Waals surface area (Å²) in [5, 5.41) is 13.2. The van der Waals surface area contributed by atoms with Crippen LogP contribution in [0.25, 0.3) is 10.6 Å². The van der Waals surface area contributed by atoms with Crippen LogP contribution in [0, 0.1) is 0 Å². The van der Waals surface area contributed by atoms with Crippen molar-refractivity contribution >= 4 is 22.4 Å². The summed E-state index contributed by atoms with van der Waals surface area (Å²) in [5.74, 6) is 0.0218. The van der Waals surface area contributed by atoms with Crippen molar-refractivity contribution < 1.29 is 9.53 Å². The van der Waals surface area contributed by atoms with Crippen LogP contribution >= 0.6 is 11.3 Å². The van der Waals surface area contributed by atoms with Crippen molar-refractivity contribution in [2.24, 2.45) is 0 Å². The smallest absolute Gasteiger partial charge is 0.248 e. The molecular formula is C14H16N4O2S. The lowest BCUT2D eigenvalue weighted by atomic mass is 10.2. The molecule has 1 aromatic heterocycles. The second-order valence-corrected chi connectivity index (χ2v) is 5.84. The zero-order chi connectivity index (χ0) is 14.7. The molecule has 1 saturated heterocycles. The van der Waals surface area contributed by atoms with Crippen LogP contribution in [0.1, 0.15) is 0 Å². The first-order valence-corrected chi connectivity index (χ1v) is 7.52. The maximum atomic E-state index is 11.3. The number of ether oxygens (including phenoxy) is 1. The molecule has 0 aliphatic carbocycles. The molecule has 1 fully saturated rings. The first-order valence-electron chi connectivity index (χ1n) is 6.71. The number of benzene rings is 1. The van der Waals surface area contributed by atoms with E-state index >= 15 is 0 Å². The van der Waals surface area contributed by atoms with Gasteiger partial charge in [-0.25, -0.2) is 0 Å². The molecule has 1 amide bonds. The summed E-state index contributed by atoms with van der Waals surface area (Å²) >= 11 is 1.51. The van der Waals surface area contributed by atoms with Crippen LogP contribution in [0.2, 0.25) is 0 Å². The van der Waals surface area contributed by atoms with Crippen molar-refractivity contribution in [3.05, 3.63) is 30.3 Å². The molecule has 21 heavy (non-hydrogen) atoms. The van der Waals surface area contributed by atoms with E-state index in [9.17, 15) is 4.79 Å². The summed E-state index contributed by atoms with van der Waals surface area (Å²) in [6.45, 7) is 1.35. The average Bonchev–Trinajstić information content (AvgIpc) is 2.98. The van der Waals surface area contributed by atoms with Crippen LogP contribution in [0.5, 0.6) is 0 Å². The van der Waals surface area contributed by atoms with E-state index in [1.165, 1.54) is 11.3 Å². The summed E-state index contributed by atoms with van der Waals surface area (Å²) in [6.07, 6.45) is -0.0169. The van der Waals surface area contributed by atoms with E-state index in [-0.39, 0.29) is 18.6 Å². The van der Waals surface area contributed by atoms with Gasteiger partial charge in [-0.2, -0.15) is 0 Å². The second kappa shape index (κ2) is 6.19. The largest absolute Gasteiger partial charge is 0.365 e. The SMILES string of the molecule is CN1C[C@H](CNc2nnc(-c3ccccc3)s2)OCC1=O. The monoisotopic (exact) mass is 304 g/mol. The molecule has 2 heterocycles. The fourth-order valence-electron chi connectivity index (χ4n) is 2.08. The number of carbonyl (C=O) groups excluding carboxylic acids is 1. The van der Waals surface area contributed by atoms with Gasteiger partial charge in [-0.15, -0.1) is 10.2 Å². The highest BCUT2D eigenvalue weighted by Crippen LogP contribution is 2.25. The second-order valence-electron chi connectivity index (χ2n) is 4.87. The van der Waals surface area contributed by atoms with E-state index in [0.29, 0.717) is 13.1 Å². The lowest BCUT2D eigenvalue weighted by molar-refractivity contribution is -0.145. The minimum absolute atomic E-state index is 0.0169. The van der Waals surface area contributed by atoms with Crippen LogP contribution < -0.4 is 5.32 Å². The van der Waals surface area contributed by atoms with Crippen LogP contribution in [0.3, 0.4) is 0 Å². The molecule has 0 unspecified atom stereocenters. The van der Waals surface area contributed by atoms with Gasteiger partial charge >= 0.3 is 0 Å². The topological polar surface area (TPSA) is 67.3 Å². The third-order valence-corrected chi connectivity index (χ3v) is 4.20. The van der Waals surface area contributed by atoms with Crippen molar-refractivity contribution in [1.82, 2.24) is 15.1 Å². The lowest BCUT2D eigenvalue weighted by Gasteiger charge is -2.29. The third kappa shape index (κ3) is 3.37. The van der Waals surface area contributed by atoms with Crippen molar-refractivity contribution in [1.29, 1.82) is 0 Å². The maximum absolute atomic E-state index is 11.3. The molecule has 1 aromatic carbocycles. The number of nitrogens with zero attached hydrogens (tertiary/aromatic N) is 3. The fraction of sp³-hybridized carbons (Fsp3) is 0.357. The molecule has 1 aliphatic rings. The van der Waals surface area contributed by atoms with E-state index in [1.807, 2.05) is 30.3 Å². The molecule has 7 heteroatoms. The Labute approximate surface area is 126 Å². The molecule has 0 spiro atoms. The minimum Gasteiger partial charge on any atom is -0.365 e. The molecule has 0 bridgehead atoms. The molecule has 1 atom stereocenters. The van der Waals surface area contributed by atoms with Gasteiger partial charge < -0.3 is 15.0 Å². The Hall–Kier alpha value is -1.99. The summed E-state index contributed by atoms with van der Waals surface area (Å²) in [6, 6.07) is 9.95. The van der Waals surface area contributed by atoms with E-state index < -0.39 is 0 Å². The number of morpholine rings is 1. The summed E-state index contributed by atoms with van der Waals surface area (Å²) in [4.78, 5) is 13.0. The number of nitrogens with one attached hydrogen (secondary N) is 1. The lowest BCUT2D eigenvalue weighted by Crippen LogP contribution is -2.46. The van der Waals surface area contributed by atoms with Gasteiger partial charge in [0.25, 0.3) is 0 Å².